The van der Waals surface area contributed by atoms with Crippen LogP contribution in [0.2, 0.25) is 6.82 Å². The van der Waals surface area contributed by atoms with Crippen LogP contribution in [0.15, 0.2) is 24.3 Å². The van der Waals surface area contributed by atoms with Crippen LogP contribution in [0.5, 0.6) is 5.88 Å². The Kier molecular flexibility index (Phi) is 4.49. The fourth-order valence-corrected chi connectivity index (χ4v) is 1.68. The van der Waals surface area contributed by atoms with E-state index in [1.807, 2.05) is 0 Å². The zero-order valence-electron chi connectivity index (χ0n) is 11.0. The number of aromatic hydroxyl groups is 1. The summed E-state index contributed by atoms with van der Waals surface area (Å²) in [7, 11) is -0.638. The first-order valence-electron chi connectivity index (χ1n) is 6.23. The van der Waals surface area contributed by atoms with Gasteiger partial charge in [0, 0.05) is 13.1 Å². The number of carbonyl (C=O) groups excluding carboxylic acids is 1. The number of nitrogens with zero attached hydrogens (tertiary/aromatic N) is 2. The largest absolute Gasteiger partial charge is 0.492 e. The third kappa shape index (κ3) is 3.43. The van der Waals surface area contributed by atoms with E-state index in [0.717, 1.165) is 0 Å². The molecule has 7 nitrogen and oxygen atoms in total. The Morgan fingerprint density at radius 2 is 1.90 bits per heavy atom. The molecule has 0 bridgehead atoms. The van der Waals surface area contributed by atoms with Gasteiger partial charge in [-0.25, -0.2) is 9.97 Å². The number of para-hydroxylation sites is 2. The lowest BCUT2D eigenvalue weighted by Crippen LogP contribution is -2.38. The highest BCUT2D eigenvalue weighted by Gasteiger charge is 2.15. The molecule has 104 valence electrons. The summed E-state index contributed by atoms with van der Waals surface area (Å²) in [5.41, 5.74) is 0.954. The van der Waals surface area contributed by atoms with E-state index >= 15 is 0 Å². The number of hydrogen-bond donors (Lipinski definition) is 4. The summed E-state index contributed by atoms with van der Waals surface area (Å²) in [6.07, 6.45) is 0. The maximum absolute atomic E-state index is 11.9. The molecule has 0 unspecified atom stereocenters. The second kappa shape index (κ2) is 6.31. The van der Waals surface area contributed by atoms with Gasteiger partial charge in [0.25, 0.3) is 5.91 Å². The van der Waals surface area contributed by atoms with Gasteiger partial charge in [-0.05, 0) is 19.0 Å². The summed E-state index contributed by atoms with van der Waals surface area (Å²) in [5, 5.41) is 24.1. The van der Waals surface area contributed by atoms with Crippen LogP contribution in [0.25, 0.3) is 11.0 Å². The van der Waals surface area contributed by atoms with Crippen molar-refractivity contribution in [3.05, 3.63) is 30.0 Å². The molecule has 1 aromatic heterocycles. The molecule has 2 rings (SSSR count). The predicted molar refractivity (Wildman–Crippen MR) is 75.4 cm³/mol. The van der Waals surface area contributed by atoms with Crippen LogP contribution in [0, 0.1) is 0 Å². The number of benzene rings is 1. The molecule has 0 saturated heterocycles. The fraction of sp³-hybridized carbons (Fsp3) is 0.250. The molecule has 1 amide bonds. The van der Waals surface area contributed by atoms with Crippen molar-refractivity contribution in [3.63, 3.8) is 0 Å². The summed E-state index contributed by atoms with van der Waals surface area (Å²) >= 11 is 0. The van der Waals surface area contributed by atoms with Gasteiger partial charge in [0.2, 0.25) is 5.88 Å². The first-order chi connectivity index (χ1) is 9.58. The SMILES string of the molecule is CB(O)NCCNC(=O)c1nc2ccccc2nc1O. The van der Waals surface area contributed by atoms with Crippen LogP contribution < -0.4 is 10.5 Å². The van der Waals surface area contributed by atoms with Crippen LogP contribution in [-0.2, 0) is 0 Å². The monoisotopic (exact) mass is 274 g/mol. The summed E-state index contributed by atoms with van der Waals surface area (Å²) in [5.74, 6) is -0.905. The summed E-state index contributed by atoms with van der Waals surface area (Å²) < 4.78 is 0. The second-order valence-corrected chi connectivity index (χ2v) is 4.27. The van der Waals surface area contributed by atoms with Crippen LogP contribution in [0.1, 0.15) is 10.5 Å². The minimum atomic E-state index is -0.638. The number of nitrogens with one attached hydrogen (secondary N) is 2. The Morgan fingerprint density at radius 3 is 2.55 bits per heavy atom. The van der Waals surface area contributed by atoms with Crippen molar-refractivity contribution in [2.75, 3.05) is 13.1 Å². The Hall–Kier alpha value is -2.19. The van der Waals surface area contributed by atoms with Crippen molar-refractivity contribution in [1.82, 2.24) is 20.5 Å². The molecule has 0 aliphatic heterocycles. The molecule has 20 heavy (non-hydrogen) atoms. The van der Waals surface area contributed by atoms with E-state index < -0.39 is 18.8 Å². The lowest BCUT2D eigenvalue weighted by Gasteiger charge is -2.08. The number of rotatable bonds is 5. The average Bonchev–Trinajstić information content (AvgIpc) is 2.42. The van der Waals surface area contributed by atoms with E-state index in [4.69, 9.17) is 5.02 Å². The topological polar surface area (TPSA) is 107 Å². The molecule has 1 aromatic carbocycles. The number of carbonyl (C=O) groups is 1. The van der Waals surface area contributed by atoms with Gasteiger partial charge in [0.1, 0.15) is 0 Å². The zero-order chi connectivity index (χ0) is 14.5. The van der Waals surface area contributed by atoms with Gasteiger partial charge in [0.15, 0.2) is 5.69 Å². The van der Waals surface area contributed by atoms with Crippen molar-refractivity contribution < 1.29 is 14.9 Å². The summed E-state index contributed by atoms with van der Waals surface area (Å²) in [6.45, 7) is 2.30. The van der Waals surface area contributed by atoms with E-state index in [2.05, 4.69) is 20.5 Å². The van der Waals surface area contributed by atoms with Gasteiger partial charge in [-0.15, -0.1) is 0 Å². The van der Waals surface area contributed by atoms with E-state index in [0.29, 0.717) is 24.1 Å². The minimum absolute atomic E-state index is 0.110. The van der Waals surface area contributed by atoms with Gasteiger partial charge >= 0.3 is 7.05 Å². The molecule has 0 fully saturated rings. The standard InChI is InChI=1S/C12H15BN4O3/c1-13(20)15-7-6-14-11(18)10-12(19)17-9-5-3-2-4-8(9)16-10/h2-5,15,20H,6-7H2,1H3,(H,14,18)(H,17,19). The third-order valence-corrected chi connectivity index (χ3v) is 2.62. The molecule has 0 radical (unpaired) electrons. The quantitative estimate of drug-likeness (QED) is 0.443. The first kappa shape index (κ1) is 14.2. The molecular formula is C12H15BN4O3. The molecule has 4 N–H and O–H groups in total. The second-order valence-electron chi connectivity index (χ2n) is 4.27. The lowest BCUT2D eigenvalue weighted by atomic mass is 9.89. The van der Waals surface area contributed by atoms with Crippen molar-refractivity contribution >= 4 is 24.0 Å². The Morgan fingerprint density at radius 1 is 1.25 bits per heavy atom. The van der Waals surface area contributed by atoms with Crippen molar-refractivity contribution in [2.24, 2.45) is 0 Å². The summed E-state index contributed by atoms with van der Waals surface area (Å²) in [6, 6.07) is 6.98. The average molecular weight is 274 g/mol. The van der Waals surface area contributed by atoms with E-state index in [1.165, 1.54) is 0 Å². The molecule has 0 aliphatic rings. The van der Waals surface area contributed by atoms with E-state index in [9.17, 15) is 9.90 Å². The molecule has 0 spiro atoms. The molecule has 0 atom stereocenters. The number of amides is 1. The fourth-order valence-electron chi connectivity index (χ4n) is 1.68. The van der Waals surface area contributed by atoms with Gasteiger partial charge in [0.05, 0.1) is 11.0 Å². The smallest absolute Gasteiger partial charge is 0.373 e. The van der Waals surface area contributed by atoms with Gasteiger partial charge in [-0.1, -0.05) is 12.1 Å². The third-order valence-electron chi connectivity index (χ3n) is 2.62. The highest BCUT2D eigenvalue weighted by Crippen LogP contribution is 2.16. The number of aromatic nitrogens is 2. The molecule has 1 heterocycles. The summed E-state index contributed by atoms with van der Waals surface area (Å²) in [4.78, 5) is 19.9. The van der Waals surface area contributed by atoms with E-state index in [-0.39, 0.29) is 5.69 Å². The van der Waals surface area contributed by atoms with Gasteiger partial charge in [-0.2, -0.15) is 0 Å². The van der Waals surface area contributed by atoms with Crippen molar-refractivity contribution in [2.45, 2.75) is 6.82 Å². The normalized spacial score (nSPS) is 10.5. The molecular weight excluding hydrogens is 259 g/mol. The van der Waals surface area contributed by atoms with Gasteiger partial charge < -0.3 is 20.7 Å². The van der Waals surface area contributed by atoms with Crippen molar-refractivity contribution in [3.8, 4) is 5.88 Å². The maximum Gasteiger partial charge on any atom is 0.373 e. The Balaban J connectivity index is 2.07. The maximum atomic E-state index is 11.9. The zero-order valence-corrected chi connectivity index (χ0v) is 11.0. The molecule has 2 aromatic rings. The van der Waals surface area contributed by atoms with Crippen LogP contribution in [0.4, 0.5) is 0 Å². The highest BCUT2D eigenvalue weighted by atomic mass is 16.3. The highest BCUT2D eigenvalue weighted by molar-refractivity contribution is 6.45. The van der Waals surface area contributed by atoms with Crippen LogP contribution in [-0.4, -0.2) is 46.1 Å². The lowest BCUT2D eigenvalue weighted by molar-refractivity contribution is 0.0946. The first-order valence-corrected chi connectivity index (χ1v) is 6.23. The van der Waals surface area contributed by atoms with Gasteiger partial charge in [-0.3, -0.25) is 4.79 Å². The molecule has 8 heteroatoms. The van der Waals surface area contributed by atoms with Crippen molar-refractivity contribution in [1.29, 1.82) is 0 Å². The van der Waals surface area contributed by atoms with Crippen LogP contribution >= 0.6 is 0 Å². The number of hydrogen-bond acceptors (Lipinski definition) is 6. The minimum Gasteiger partial charge on any atom is -0.492 e. The van der Waals surface area contributed by atoms with E-state index in [1.54, 1.807) is 31.1 Å². The predicted octanol–water partition coefficient (Wildman–Crippen LogP) is -0.235. The molecule has 0 aliphatic carbocycles. The molecule has 0 saturated carbocycles. The Bertz CT molecular complexity index is 621. The van der Waals surface area contributed by atoms with Crippen LogP contribution in [0.3, 0.4) is 0 Å². The Labute approximate surface area is 116 Å². The number of fused-ring (bicyclic) bond motifs is 1.